The van der Waals surface area contributed by atoms with Crippen LogP contribution in [0.1, 0.15) is 0 Å². The number of guanidine groups is 1. The van der Waals surface area contributed by atoms with Crippen LogP contribution in [0.25, 0.3) is 0 Å². The number of rotatable bonds is 0. The minimum atomic E-state index is 0. The molecule has 1 aliphatic heterocycles. The van der Waals surface area contributed by atoms with Gasteiger partial charge in [-0.15, -0.1) is 24.0 Å². The fourth-order valence-electron chi connectivity index (χ4n) is 0.550. The molecule has 0 fully saturated rings. The molecule has 1 rings (SSSR count). The van der Waals surface area contributed by atoms with Gasteiger partial charge in [0.25, 0.3) is 0 Å². The van der Waals surface area contributed by atoms with Crippen LogP contribution in [0.15, 0.2) is 4.99 Å². The Morgan fingerprint density at radius 2 is 2.38 bits per heavy atom. The number of halogens is 1. The minimum Gasteiger partial charge on any atom is -0.370 e. The second-order valence-corrected chi connectivity index (χ2v) is 1.66. The third-order valence-corrected chi connectivity index (χ3v) is 1.10. The molecular formula is C4H10IN3. The molecule has 2 N–H and O–H groups in total. The molecular weight excluding hydrogens is 217 g/mol. The average Bonchev–Trinajstić information content (AvgIpc) is 1.91. The van der Waals surface area contributed by atoms with Gasteiger partial charge in [-0.05, 0) is 0 Å². The molecule has 0 unspecified atom stereocenters. The third-order valence-electron chi connectivity index (χ3n) is 1.10. The topological polar surface area (TPSA) is 41.6 Å². The summed E-state index contributed by atoms with van der Waals surface area (Å²) in [6.45, 7) is 1.84. The second kappa shape index (κ2) is 3.11. The van der Waals surface area contributed by atoms with Crippen molar-refractivity contribution in [2.24, 2.45) is 10.7 Å². The van der Waals surface area contributed by atoms with Crippen molar-refractivity contribution >= 4 is 29.9 Å². The van der Waals surface area contributed by atoms with Crippen molar-refractivity contribution in [3.8, 4) is 0 Å². The summed E-state index contributed by atoms with van der Waals surface area (Å²) in [6.07, 6.45) is 0. The number of hydrogen-bond donors (Lipinski definition) is 1. The molecule has 0 aromatic rings. The predicted octanol–water partition coefficient (Wildman–Crippen LogP) is -0.136. The highest BCUT2D eigenvalue weighted by Crippen LogP contribution is 1.90. The molecule has 0 atom stereocenters. The van der Waals surface area contributed by atoms with E-state index in [9.17, 15) is 0 Å². The van der Waals surface area contributed by atoms with Crippen LogP contribution in [0.4, 0.5) is 0 Å². The van der Waals surface area contributed by atoms with Crippen LogP contribution >= 0.6 is 24.0 Å². The number of hydrogen-bond acceptors (Lipinski definition) is 3. The summed E-state index contributed by atoms with van der Waals surface area (Å²) >= 11 is 0. The standard InChI is InChI=1S/C4H9N3.HI/c1-7-3-2-6-4(7)5;/h2-3H2,1H3,(H2,5,6);1H. The zero-order valence-electron chi connectivity index (χ0n) is 4.79. The molecule has 0 spiro atoms. The van der Waals surface area contributed by atoms with E-state index in [1.165, 1.54) is 0 Å². The van der Waals surface area contributed by atoms with Crippen molar-refractivity contribution in [2.45, 2.75) is 0 Å². The van der Waals surface area contributed by atoms with Crippen molar-refractivity contribution in [1.82, 2.24) is 4.90 Å². The molecule has 0 bridgehead atoms. The van der Waals surface area contributed by atoms with Gasteiger partial charge in [0, 0.05) is 13.6 Å². The Hall–Kier alpha value is 0. The quantitative estimate of drug-likeness (QED) is 0.585. The van der Waals surface area contributed by atoms with E-state index in [0.29, 0.717) is 5.96 Å². The summed E-state index contributed by atoms with van der Waals surface area (Å²) in [7, 11) is 1.94. The first kappa shape index (κ1) is 8.00. The fraction of sp³-hybridized carbons (Fsp3) is 0.750. The van der Waals surface area contributed by atoms with Crippen LogP contribution in [-0.2, 0) is 0 Å². The van der Waals surface area contributed by atoms with Crippen LogP contribution in [0.2, 0.25) is 0 Å². The number of aliphatic imine (C=N–C) groups is 1. The molecule has 1 aliphatic rings. The van der Waals surface area contributed by atoms with Gasteiger partial charge in [-0.3, -0.25) is 4.99 Å². The SMILES string of the molecule is CN1CCN=C1N.I. The van der Waals surface area contributed by atoms with Gasteiger partial charge in [0.15, 0.2) is 5.96 Å². The monoisotopic (exact) mass is 227 g/mol. The van der Waals surface area contributed by atoms with Crippen molar-refractivity contribution in [3.05, 3.63) is 0 Å². The molecule has 0 aromatic heterocycles. The Bertz CT molecular complexity index is 101. The zero-order valence-corrected chi connectivity index (χ0v) is 7.12. The molecule has 0 radical (unpaired) electrons. The third kappa shape index (κ3) is 1.50. The fourth-order valence-corrected chi connectivity index (χ4v) is 0.550. The molecule has 3 nitrogen and oxygen atoms in total. The molecule has 0 aliphatic carbocycles. The van der Waals surface area contributed by atoms with Crippen molar-refractivity contribution in [2.75, 3.05) is 20.1 Å². The van der Waals surface area contributed by atoms with Gasteiger partial charge in [0.2, 0.25) is 0 Å². The molecule has 4 heteroatoms. The maximum Gasteiger partial charge on any atom is 0.191 e. The first-order chi connectivity index (χ1) is 3.30. The summed E-state index contributed by atoms with van der Waals surface area (Å²) in [6, 6.07) is 0. The Morgan fingerprint density at radius 3 is 2.50 bits per heavy atom. The van der Waals surface area contributed by atoms with E-state index in [4.69, 9.17) is 5.73 Å². The van der Waals surface area contributed by atoms with E-state index in [-0.39, 0.29) is 24.0 Å². The lowest BCUT2D eigenvalue weighted by Crippen LogP contribution is -2.29. The van der Waals surface area contributed by atoms with E-state index in [1.807, 2.05) is 11.9 Å². The molecule has 48 valence electrons. The highest BCUT2D eigenvalue weighted by atomic mass is 127. The Balaban J connectivity index is 0.000000490. The minimum absolute atomic E-state index is 0. The van der Waals surface area contributed by atoms with E-state index in [2.05, 4.69) is 4.99 Å². The first-order valence-electron chi connectivity index (χ1n) is 2.32. The highest BCUT2D eigenvalue weighted by Gasteiger charge is 2.05. The number of nitrogens with two attached hydrogens (primary N) is 1. The molecule has 8 heavy (non-hydrogen) atoms. The Kier molecular flexibility index (Phi) is 3.11. The molecule has 0 saturated carbocycles. The largest absolute Gasteiger partial charge is 0.370 e. The van der Waals surface area contributed by atoms with Gasteiger partial charge in [0.1, 0.15) is 0 Å². The second-order valence-electron chi connectivity index (χ2n) is 1.66. The van der Waals surface area contributed by atoms with E-state index in [1.54, 1.807) is 0 Å². The van der Waals surface area contributed by atoms with Gasteiger partial charge in [-0.2, -0.15) is 0 Å². The lowest BCUT2D eigenvalue weighted by molar-refractivity contribution is 0.551. The summed E-state index contributed by atoms with van der Waals surface area (Å²) in [5.74, 6) is 0.667. The molecule has 0 aromatic carbocycles. The summed E-state index contributed by atoms with van der Waals surface area (Å²) in [4.78, 5) is 5.87. The van der Waals surface area contributed by atoms with E-state index < -0.39 is 0 Å². The number of nitrogens with zero attached hydrogens (tertiary/aromatic N) is 2. The van der Waals surface area contributed by atoms with E-state index in [0.717, 1.165) is 13.1 Å². The van der Waals surface area contributed by atoms with Gasteiger partial charge < -0.3 is 10.6 Å². The van der Waals surface area contributed by atoms with Crippen LogP contribution in [0.5, 0.6) is 0 Å². The Morgan fingerprint density at radius 1 is 1.75 bits per heavy atom. The van der Waals surface area contributed by atoms with Crippen LogP contribution in [-0.4, -0.2) is 31.0 Å². The van der Waals surface area contributed by atoms with Crippen molar-refractivity contribution < 1.29 is 0 Å². The smallest absolute Gasteiger partial charge is 0.191 e. The molecule has 0 amide bonds. The average molecular weight is 227 g/mol. The molecule has 1 heterocycles. The zero-order chi connectivity index (χ0) is 5.28. The maximum absolute atomic E-state index is 5.35. The normalized spacial score (nSPS) is 17.6. The lowest BCUT2D eigenvalue weighted by atomic mass is 10.6. The number of likely N-dealkylation sites (N-methyl/N-ethyl adjacent to an activating group) is 1. The summed E-state index contributed by atoms with van der Waals surface area (Å²) < 4.78 is 0. The van der Waals surface area contributed by atoms with E-state index >= 15 is 0 Å². The molecule has 0 saturated heterocycles. The van der Waals surface area contributed by atoms with Gasteiger partial charge in [0.05, 0.1) is 6.54 Å². The van der Waals surface area contributed by atoms with Crippen LogP contribution in [0, 0.1) is 0 Å². The van der Waals surface area contributed by atoms with Crippen LogP contribution < -0.4 is 5.73 Å². The highest BCUT2D eigenvalue weighted by molar-refractivity contribution is 14.0. The first-order valence-corrected chi connectivity index (χ1v) is 2.32. The predicted molar refractivity (Wildman–Crippen MR) is 44.5 cm³/mol. The Labute approximate surface area is 66.0 Å². The van der Waals surface area contributed by atoms with Gasteiger partial charge >= 0.3 is 0 Å². The summed E-state index contributed by atoms with van der Waals surface area (Å²) in [5, 5.41) is 0. The van der Waals surface area contributed by atoms with Crippen LogP contribution in [0.3, 0.4) is 0 Å². The van der Waals surface area contributed by atoms with Gasteiger partial charge in [-0.1, -0.05) is 0 Å². The van der Waals surface area contributed by atoms with Gasteiger partial charge in [-0.25, -0.2) is 0 Å². The maximum atomic E-state index is 5.35. The lowest BCUT2D eigenvalue weighted by Gasteiger charge is -2.06. The van der Waals surface area contributed by atoms with Crippen molar-refractivity contribution in [1.29, 1.82) is 0 Å². The van der Waals surface area contributed by atoms with Crippen molar-refractivity contribution in [3.63, 3.8) is 0 Å². The summed E-state index contributed by atoms with van der Waals surface area (Å²) in [5.41, 5.74) is 5.35.